The number of rotatable bonds is 5. The van der Waals surface area contributed by atoms with Crippen LogP contribution in [0, 0.1) is 0 Å². The van der Waals surface area contributed by atoms with Gasteiger partial charge in [0.1, 0.15) is 0 Å². The molecular weight excluding hydrogens is 410 g/mol. The normalized spacial score (nSPS) is 18.6. The molecule has 3 aromatic rings. The van der Waals surface area contributed by atoms with Gasteiger partial charge in [-0.15, -0.1) is 11.3 Å². The van der Waals surface area contributed by atoms with Crippen LogP contribution in [0.4, 0.5) is 0 Å². The van der Waals surface area contributed by atoms with Crippen LogP contribution in [0.1, 0.15) is 15.9 Å². The van der Waals surface area contributed by atoms with Gasteiger partial charge in [0.05, 0.1) is 18.7 Å². The van der Waals surface area contributed by atoms with E-state index in [9.17, 15) is 9.59 Å². The molecule has 160 valence electrons. The summed E-state index contributed by atoms with van der Waals surface area (Å²) in [7, 11) is 3.43. The van der Waals surface area contributed by atoms with Gasteiger partial charge in [0.25, 0.3) is 11.8 Å². The average Bonchev–Trinajstić information content (AvgIpc) is 3.34. The lowest BCUT2D eigenvalue weighted by Crippen LogP contribution is -2.61. The Kier molecular flexibility index (Phi) is 6.15. The van der Waals surface area contributed by atoms with Gasteiger partial charge in [-0.3, -0.25) is 14.6 Å². The molecule has 3 heterocycles. The molecule has 0 radical (unpaired) electrons. The standard InChI is InChI=1S/C24H25N3O3S/c1-26(2)23(29)24(15-18-7-9-19(10-8-18)21-6-4-14-31-21)17-27(12-13-30-24)22(28)20-5-3-11-25-16-20/h3-11,14,16H,12-13,15,17H2,1-2H3/t24-/m1/s1. The number of amides is 2. The number of pyridine rings is 1. The minimum Gasteiger partial charge on any atom is -0.361 e. The van der Waals surface area contributed by atoms with Gasteiger partial charge in [-0.2, -0.15) is 0 Å². The van der Waals surface area contributed by atoms with Gasteiger partial charge < -0.3 is 14.5 Å². The summed E-state index contributed by atoms with van der Waals surface area (Å²) in [5, 5.41) is 2.05. The van der Waals surface area contributed by atoms with Crippen LogP contribution in [-0.2, 0) is 16.0 Å². The molecule has 2 aromatic heterocycles. The minimum atomic E-state index is -1.12. The molecule has 1 saturated heterocycles. The highest BCUT2D eigenvalue weighted by Crippen LogP contribution is 2.29. The highest BCUT2D eigenvalue weighted by Gasteiger charge is 2.46. The van der Waals surface area contributed by atoms with Gasteiger partial charge in [0.15, 0.2) is 5.60 Å². The molecule has 1 atom stereocenters. The molecule has 0 aliphatic carbocycles. The van der Waals surface area contributed by atoms with Crippen molar-refractivity contribution in [1.82, 2.24) is 14.8 Å². The molecule has 1 fully saturated rings. The number of hydrogen-bond acceptors (Lipinski definition) is 5. The number of carbonyl (C=O) groups excluding carboxylic acids is 2. The van der Waals surface area contributed by atoms with Crippen LogP contribution in [0.2, 0.25) is 0 Å². The number of nitrogens with zero attached hydrogens (tertiary/aromatic N) is 3. The van der Waals surface area contributed by atoms with Gasteiger partial charge in [0, 0.05) is 44.3 Å². The zero-order chi connectivity index (χ0) is 21.8. The fourth-order valence-electron chi connectivity index (χ4n) is 3.91. The molecule has 2 amide bonds. The first-order valence-electron chi connectivity index (χ1n) is 10.2. The molecule has 31 heavy (non-hydrogen) atoms. The quantitative estimate of drug-likeness (QED) is 0.617. The van der Waals surface area contributed by atoms with Gasteiger partial charge in [-0.25, -0.2) is 0 Å². The summed E-state index contributed by atoms with van der Waals surface area (Å²) in [5.41, 5.74) is 1.52. The maximum Gasteiger partial charge on any atom is 0.256 e. The van der Waals surface area contributed by atoms with Crippen molar-refractivity contribution in [2.24, 2.45) is 0 Å². The van der Waals surface area contributed by atoms with E-state index in [1.807, 2.05) is 18.2 Å². The summed E-state index contributed by atoms with van der Waals surface area (Å²) in [6, 6.07) is 15.8. The number of thiophene rings is 1. The number of benzene rings is 1. The number of carbonyl (C=O) groups is 2. The van der Waals surface area contributed by atoms with E-state index in [0.29, 0.717) is 25.1 Å². The van der Waals surface area contributed by atoms with Crippen LogP contribution in [0.5, 0.6) is 0 Å². The highest BCUT2D eigenvalue weighted by molar-refractivity contribution is 7.13. The van der Waals surface area contributed by atoms with Crippen LogP contribution >= 0.6 is 11.3 Å². The number of likely N-dealkylation sites (N-methyl/N-ethyl adjacent to an activating group) is 1. The van der Waals surface area contributed by atoms with Crippen molar-refractivity contribution in [3.05, 3.63) is 77.4 Å². The lowest BCUT2D eigenvalue weighted by molar-refractivity contribution is -0.165. The molecule has 0 spiro atoms. The lowest BCUT2D eigenvalue weighted by atomic mass is 9.90. The Labute approximate surface area is 186 Å². The smallest absolute Gasteiger partial charge is 0.256 e. The summed E-state index contributed by atoms with van der Waals surface area (Å²) >= 11 is 1.69. The zero-order valence-corrected chi connectivity index (χ0v) is 18.5. The molecule has 1 aliphatic heterocycles. The van der Waals surface area contributed by atoms with Crippen LogP contribution in [0.15, 0.2) is 66.3 Å². The Hall–Kier alpha value is -3.03. The molecule has 1 aliphatic rings. The molecule has 1 aromatic carbocycles. The Balaban J connectivity index is 1.59. The van der Waals surface area contributed by atoms with Crippen molar-refractivity contribution in [3.63, 3.8) is 0 Å². The van der Waals surface area contributed by atoms with Crippen molar-refractivity contribution in [1.29, 1.82) is 0 Å². The largest absolute Gasteiger partial charge is 0.361 e. The first-order valence-corrected chi connectivity index (χ1v) is 11.0. The van der Waals surface area contributed by atoms with Gasteiger partial charge >= 0.3 is 0 Å². The molecule has 4 rings (SSSR count). The van der Waals surface area contributed by atoms with E-state index in [4.69, 9.17) is 4.74 Å². The average molecular weight is 436 g/mol. The Morgan fingerprint density at radius 3 is 2.61 bits per heavy atom. The zero-order valence-electron chi connectivity index (χ0n) is 17.7. The third kappa shape index (κ3) is 4.52. The number of morpholine rings is 1. The molecular formula is C24H25N3O3S. The maximum absolute atomic E-state index is 13.2. The topological polar surface area (TPSA) is 62.7 Å². The Bertz CT molecular complexity index is 1040. The second-order valence-electron chi connectivity index (χ2n) is 7.86. The third-order valence-corrected chi connectivity index (χ3v) is 6.35. The summed E-state index contributed by atoms with van der Waals surface area (Å²) in [4.78, 5) is 34.7. The Morgan fingerprint density at radius 2 is 1.97 bits per heavy atom. The van der Waals surface area contributed by atoms with E-state index in [1.54, 1.807) is 54.9 Å². The molecule has 0 unspecified atom stereocenters. The molecule has 6 nitrogen and oxygen atoms in total. The van der Waals surface area contributed by atoms with Crippen LogP contribution in [-0.4, -0.2) is 66.0 Å². The van der Waals surface area contributed by atoms with E-state index < -0.39 is 5.60 Å². The van der Waals surface area contributed by atoms with Crippen LogP contribution < -0.4 is 0 Å². The predicted octanol–water partition coefficient (Wildman–Crippen LogP) is 3.35. The van der Waals surface area contributed by atoms with E-state index in [2.05, 4.69) is 28.6 Å². The van der Waals surface area contributed by atoms with Crippen molar-refractivity contribution in [2.75, 3.05) is 33.8 Å². The number of aromatic nitrogens is 1. The van der Waals surface area contributed by atoms with Crippen LogP contribution in [0.3, 0.4) is 0 Å². The van der Waals surface area contributed by atoms with Gasteiger partial charge in [-0.05, 0) is 34.7 Å². The Morgan fingerprint density at radius 1 is 1.16 bits per heavy atom. The molecule has 7 heteroatoms. The highest BCUT2D eigenvalue weighted by atomic mass is 32.1. The summed E-state index contributed by atoms with van der Waals surface area (Å²) in [5.74, 6) is -0.279. The van der Waals surface area contributed by atoms with Crippen molar-refractivity contribution >= 4 is 23.2 Å². The third-order valence-electron chi connectivity index (χ3n) is 5.43. The molecule has 0 N–H and O–H groups in total. The van der Waals surface area contributed by atoms with Crippen molar-refractivity contribution < 1.29 is 14.3 Å². The fraction of sp³-hybridized carbons (Fsp3) is 0.292. The van der Waals surface area contributed by atoms with E-state index in [1.165, 1.54) is 9.78 Å². The van der Waals surface area contributed by atoms with E-state index in [-0.39, 0.29) is 18.4 Å². The minimum absolute atomic E-state index is 0.139. The SMILES string of the molecule is CN(C)C(=O)[C@@]1(Cc2ccc(-c3cccs3)cc2)CN(C(=O)c2cccnc2)CCO1. The molecule has 0 saturated carbocycles. The summed E-state index contributed by atoms with van der Waals surface area (Å²) in [6.07, 6.45) is 3.58. The predicted molar refractivity (Wildman–Crippen MR) is 121 cm³/mol. The summed E-state index contributed by atoms with van der Waals surface area (Å²) in [6.45, 7) is 0.941. The van der Waals surface area contributed by atoms with E-state index >= 15 is 0 Å². The van der Waals surface area contributed by atoms with Crippen molar-refractivity contribution in [3.8, 4) is 10.4 Å². The fourth-order valence-corrected chi connectivity index (χ4v) is 4.64. The number of hydrogen-bond donors (Lipinski definition) is 0. The summed E-state index contributed by atoms with van der Waals surface area (Å²) < 4.78 is 6.11. The first-order chi connectivity index (χ1) is 15.0. The lowest BCUT2D eigenvalue weighted by Gasteiger charge is -2.42. The van der Waals surface area contributed by atoms with Crippen molar-refractivity contribution in [2.45, 2.75) is 12.0 Å². The van der Waals surface area contributed by atoms with Crippen LogP contribution in [0.25, 0.3) is 10.4 Å². The van der Waals surface area contributed by atoms with Gasteiger partial charge in [-0.1, -0.05) is 30.3 Å². The maximum atomic E-state index is 13.2. The van der Waals surface area contributed by atoms with Gasteiger partial charge in [0.2, 0.25) is 0 Å². The van der Waals surface area contributed by atoms with E-state index in [0.717, 1.165) is 11.1 Å². The second kappa shape index (κ2) is 8.99. The second-order valence-corrected chi connectivity index (χ2v) is 8.81. The number of ether oxygens (including phenoxy) is 1. The monoisotopic (exact) mass is 435 g/mol. The molecule has 0 bridgehead atoms. The first kappa shape index (κ1) is 21.2.